The van der Waals surface area contributed by atoms with E-state index in [9.17, 15) is 14.4 Å². The van der Waals surface area contributed by atoms with Gasteiger partial charge in [-0.05, 0) is 47.2 Å². The molecule has 0 saturated heterocycles. The fourth-order valence-electron chi connectivity index (χ4n) is 3.99. The number of hydrogen-bond acceptors (Lipinski definition) is 8. The van der Waals surface area contributed by atoms with Crippen molar-refractivity contribution in [3.05, 3.63) is 93.5 Å². The lowest BCUT2D eigenvalue weighted by atomic mass is 10.0. The van der Waals surface area contributed by atoms with E-state index in [-0.39, 0.29) is 28.4 Å². The first-order valence-electron chi connectivity index (χ1n) is 12.3. The van der Waals surface area contributed by atoms with Crippen LogP contribution in [0.15, 0.2) is 71.8 Å². The number of rotatable bonds is 10. The summed E-state index contributed by atoms with van der Waals surface area (Å²) in [6.45, 7) is -0.376. The maximum absolute atomic E-state index is 12.9. The predicted molar refractivity (Wildman–Crippen MR) is 160 cm³/mol. The second-order valence-electron chi connectivity index (χ2n) is 8.60. The molecule has 0 bridgehead atoms. The maximum Gasteiger partial charge on any atom is 0.345 e. The van der Waals surface area contributed by atoms with Gasteiger partial charge in [0.1, 0.15) is 5.75 Å². The molecule has 4 rings (SSSR count). The Morgan fingerprint density at radius 1 is 0.857 bits per heavy atom. The smallest absolute Gasteiger partial charge is 0.345 e. The van der Waals surface area contributed by atoms with Crippen LogP contribution in [0.5, 0.6) is 23.0 Å². The van der Waals surface area contributed by atoms with E-state index in [0.717, 1.165) is 10.8 Å². The molecule has 0 unspecified atom stereocenters. The van der Waals surface area contributed by atoms with E-state index in [1.807, 2.05) is 24.3 Å². The van der Waals surface area contributed by atoms with Crippen molar-refractivity contribution in [2.24, 2.45) is 5.10 Å². The molecule has 0 saturated carbocycles. The number of esters is 1. The van der Waals surface area contributed by atoms with Gasteiger partial charge in [-0.25, -0.2) is 10.2 Å². The summed E-state index contributed by atoms with van der Waals surface area (Å²) < 4.78 is 21.4. The number of hydrogen-bond donors (Lipinski definition) is 2. The average molecular weight is 610 g/mol. The van der Waals surface area contributed by atoms with Crippen LogP contribution >= 0.6 is 23.2 Å². The fraction of sp³-hybridized carbons (Fsp3) is 0.133. The van der Waals surface area contributed by atoms with Crippen LogP contribution in [0.1, 0.15) is 26.3 Å². The van der Waals surface area contributed by atoms with Gasteiger partial charge in [-0.1, -0.05) is 53.5 Å². The average Bonchev–Trinajstić information content (AvgIpc) is 2.99. The third-order valence-corrected chi connectivity index (χ3v) is 6.55. The highest BCUT2D eigenvalue weighted by molar-refractivity contribution is 6.36. The van der Waals surface area contributed by atoms with Crippen molar-refractivity contribution in [2.45, 2.75) is 0 Å². The van der Waals surface area contributed by atoms with Gasteiger partial charge in [0.25, 0.3) is 11.8 Å². The summed E-state index contributed by atoms with van der Waals surface area (Å²) in [5.41, 5.74) is 3.13. The quantitative estimate of drug-likeness (QED) is 0.109. The van der Waals surface area contributed by atoms with E-state index in [0.29, 0.717) is 27.8 Å². The largest absolute Gasteiger partial charge is 0.493 e. The summed E-state index contributed by atoms with van der Waals surface area (Å²) >= 11 is 12.1. The van der Waals surface area contributed by atoms with Gasteiger partial charge in [-0.15, -0.1) is 0 Å². The second kappa shape index (κ2) is 13.7. The summed E-state index contributed by atoms with van der Waals surface area (Å²) in [6.07, 6.45) is 1.35. The van der Waals surface area contributed by atoms with Crippen molar-refractivity contribution in [3.8, 4) is 23.0 Å². The molecule has 0 aromatic heterocycles. The normalized spacial score (nSPS) is 10.8. The summed E-state index contributed by atoms with van der Waals surface area (Å²) in [6, 6.07) is 18.2. The van der Waals surface area contributed by atoms with Gasteiger partial charge in [-0.3, -0.25) is 9.59 Å². The van der Waals surface area contributed by atoms with Crippen LogP contribution in [0.25, 0.3) is 10.8 Å². The number of ether oxygens (including phenoxy) is 4. The standard InChI is InChI=1S/C30H25Cl2N3O7/c1-39-25-12-18(13-26(40-2)28(25)41-3)29(37)33-16-27(36)35-34-15-22-20-7-5-4-6-17(20)8-11-24(22)42-30(38)21-10-9-19(31)14-23(21)32/h4-15H,16H2,1-3H3,(H,33,37)(H,35,36). The molecular weight excluding hydrogens is 585 g/mol. The summed E-state index contributed by atoms with van der Waals surface area (Å²) in [7, 11) is 4.31. The summed E-state index contributed by atoms with van der Waals surface area (Å²) in [5, 5.41) is 8.63. The molecule has 216 valence electrons. The van der Waals surface area contributed by atoms with Crippen molar-refractivity contribution in [2.75, 3.05) is 27.9 Å². The molecule has 4 aromatic rings. The highest BCUT2D eigenvalue weighted by atomic mass is 35.5. The number of carbonyl (C=O) groups excluding carboxylic acids is 3. The van der Waals surface area contributed by atoms with Gasteiger partial charge in [0, 0.05) is 16.1 Å². The Balaban J connectivity index is 1.47. The summed E-state index contributed by atoms with van der Waals surface area (Å²) in [5.74, 6) is -0.727. The SMILES string of the molecule is COc1cc(C(=O)NCC(=O)NN=Cc2c(OC(=O)c3ccc(Cl)cc3Cl)ccc3ccccc23)cc(OC)c1OC. The summed E-state index contributed by atoms with van der Waals surface area (Å²) in [4.78, 5) is 38.0. The lowest BCUT2D eigenvalue weighted by molar-refractivity contribution is -0.120. The van der Waals surface area contributed by atoms with Gasteiger partial charge in [0.2, 0.25) is 5.75 Å². The molecule has 0 fully saturated rings. The molecule has 0 aliphatic carbocycles. The van der Waals surface area contributed by atoms with Gasteiger partial charge in [0.15, 0.2) is 11.5 Å². The third-order valence-electron chi connectivity index (χ3n) is 6.00. The van der Waals surface area contributed by atoms with E-state index < -0.39 is 17.8 Å². The Morgan fingerprint density at radius 2 is 1.57 bits per heavy atom. The van der Waals surface area contributed by atoms with Crippen LogP contribution < -0.4 is 29.7 Å². The van der Waals surface area contributed by atoms with E-state index in [2.05, 4.69) is 15.8 Å². The van der Waals surface area contributed by atoms with Crippen LogP contribution in [0.2, 0.25) is 10.0 Å². The number of halogens is 2. The molecule has 2 N–H and O–H groups in total. The lowest BCUT2D eigenvalue weighted by Crippen LogP contribution is -2.35. The van der Waals surface area contributed by atoms with Gasteiger partial charge in [0.05, 0.1) is 44.7 Å². The molecule has 0 heterocycles. The molecule has 4 aromatic carbocycles. The molecule has 0 aliphatic rings. The second-order valence-corrected chi connectivity index (χ2v) is 9.45. The number of benzene rings is 4. The lowest BCUT2D eigenvalue weighted by Gasteiger charge is -2.14. The van der Waals surface area contributed by atoms with Crippen LogP contribution in [-0.2, 0) is 4.79 Å². The zero-order chi connectivity index (χ0) is 30.2. The van der Waals surface area contributed by atoms with E-state index in [4.69, 9.17) is 42.1 Å². The number of amides is 2. The van der Waals surface area contributed by atoms with Crippen LogP contribution in [-0.4, -0.2) is 51.9 Å². The Bertz CT molecular complexity index is 1670. The number of methoxy groups -OCH3 is 3. The van der Waals surface area contributed by atoms with E-state index in [1.165, 1.54) is 57.9 Å². The van der Waals surface area contributed by atoms with Crippen LogP contribution in [0.3, 0.4) is 0 Å². The fourth-order valence-corrected chi connectivity index (χ4v) is 4.48. The van der Waals surface area contributed by atoms with E-state index >= 15 is 0 Å². The van der Waals surface area contributed by atoms with Crippen molar-refractivity contribution >= 4 is 58.0 Å². The molecule has 42 heavy (non-hydrogen) atoms. The van der Waals surface area contributed by atoms with E-state index in [1.54, 1.807) is 12.1 Å². The number of nitrogens with one attached hydrogen (secondary N) is 2. The maximum atomic E-state index is 12.9. The Hall–Kier alpha value is -4.80. The van der Waals surface area contributed by atoms with Gasteiger partial charge < -0.3 is 24.3 Å². The predicted octanol–water partition coefficient (Wildman–Crippen LogP) is 5.27. The molecule has 0 atom stereocenters. The Labute approximate surface area is 251 Å². The first kappa shape index (κ1) is 30.2. The van der Waals surface area contributed by atoms with Crippen molar-refractivity contribution in [1.29, 1.82) is 0 Å². The number of fused-ring (bicyclic) bond motifs is 1. The van der Waals surface area contributed by atoms with Crippen LogP contribution in [0, 0.1) is 0 Å². The Kier molecular flexibility index (Phi) is 9.85. The van der Waals surface area contributed by atoms with Crippen LogP contribution in [0.4, 0.5) is 0 Å². The number of hydrazone groups is 1. The minimum Gasteiger partial charge on any atom is -0.493 e. The Morgan fingerprint density at radius 3 is 2.24 bits per heavy atom. The highest BCUT2D eigenvalue weighted by Crippen LogP contribution is 2.38. The molecule has 10 nitrogen and oxygen atoms in total. The topological polar surface area (TPSA) is 125 Å². The molecule has 0 radical (unpaired) electrons. The minimum atomic E-state index is -0.694. The first-order chi connectivity index (χ1) is 20.2. The molecule has 0 spiro atoms. The highest BCUT2D eigenvalue weighted by Gasteiger charge is 2.18. The minimum absolute atomic E-state index is 0.133. The number of carbonyl (C=O) groups is 3. The zero-order valence-electron chi connectivity index (χ0n) is 22.7. The van der Waals surface area contributed by atoms with Crippen molar-refractivity contribution in [1.82, 2.24) is 10.7 Å². The molecule has 2 amide bonds. The number of nitrogens with zero attached hydrogens (tertiary/aromatic N) is 1. The molecule has 12 heteroatoms. The molecule has 0 aliphatic heterocycles. The monoisotopic (exact) mass is 609 g/mol. The van der Waals surface area contributed by atoms with Crippen molar-refractivity contribution in [3.63, 3.8) is 0 Å². The first-order valence-corrected chi connectivity index (χ1v) is 13.1. The van der Waals surface area contributed by atoms with Crippen molar-refractivity contribution < 1.29 is 33.3 Å². The van der Waals surface area contributed by atoms with Gasteiger partial charge >= 0.3 is 5.97 Å². The van der Waals surface area contributed by atoms with Gasteiger partial charge in [-0.2, -0.15) is 5.10 Å². The third kappa shape index (κ3) is 6.91. The molecular formula is C30H25Cl2N3O7. The zero-order valence-corrected chi connectivity index (χ0v) is 24.2.